The lowest BCUT2D eigenvalue weighted by Gasteiger charge is -2.10. The second-order valence-electron chi connectivity index (χ2n) is 2.93. The van der Waals surface area contributed by atoms with E-state index >= 15 is 0 Å². The number of aliphatic hydroxyl groups excluding tert-OH is 1. The zero-order valence-electron chi connectivity index (χ0n) is 8.14. The predicted molar refractivity (Wildman–Crippen MR) is 53.6 cm³/mol. The average molecular weight is 197 g/mol. The fraction of sp³-hybridized carbons (Fsp3) is 0.400. The molecule has 0 bridgehead atoms. The Morgan fingerprint density at radius 2 is 1.86 bits per heavy atom. The molecule has 0 fully saturated rings. The van der Waals surface area contributed by atoms with Crippen LogP contribution in [0.3, 0.4) is 0 Å². The number of methoxy groups -OCH3 is 1. The highest BCUT2D eigenvalue weighted by atomic mass is 16.5. The molecule has 0 saturated heterocycles. The van der Waals surface area contributed by atoms with Crippen LogP contribution in [0.15, 0.2) is 24.3 Å². The molecule has 0 aliphatic heterocycles. The largest absolute Gasteiger partial charge is 0.497 e. The van der Waals surface area contributed by atoms with Crippen molar-refractivity contribution < 1.29 is 14.6 Å². The molecule has 0 amide bonds. The van der Waals surface area contributed by atoms with Crippen molar-refractivity contribution in [2.75, 3.05) is 20.3 Å². The van der Waals surface area contributed by atoms with E-state index in [2.05, 4.69) is 0 Å². The molecule has 1 unspecified atom stereocenters. The van der Waals surface area contributed by atoms with Gasteiger partial charge in [-0.2, -0.15) is 0 Å². The molecular formula is C10H15NO3. The van der Waals surface area contributed by atoms with Gasteiger partial charge in [-0.25, -0.2) is 0 Å². The Hall–Kier alpha value is -1.26. The Morgan fingerprint density at radius 3 is 2.36 bits per heavy atom. The molecule has 0 aliphatic rings. The van der Waals surface area contributed by atoms with Gasteiger partial charge in [0, 0.05) is 0 Å². The number of rotatable bonds is 5. The summed E-state index contributed by atoms with van der Waals surface area (Å²) >= 11 is 0. The van der Waals surface area contributed by atoms with Gasteiger partial charge in [0.2, 0.25) is 0 Å². The molecule has 0 aliphatic carbocycles. The van der Waals surface area contributed by atoms with E-state index in [1.807, 2.05) is 0 Å². The van der Waals surface area contributed by atoms with Crippen LogP contribution in [0.1, 0.15) is 0 Å². The fourth-order valence-corrected chi connectivity index (χ4v) is 0.928. The molecule has 0 aromatic heterocycles. The Labute approximate surface area is 83.3 Å². The number of benzene rings is 1. The maximum Gasteiger partial charge on any atom is 0.119 e. The van der Waals surface area contributed by atoms with Crippen LogP contribution in [0.25, 0.3) is 0 Å². The van der Waals surface area contributed by atoms with E-state index in [1.54, 1.807) is 31.4 Å². The number of ether oxygens (including phenoxy) is 2. The Kier molecular flexibility index (Phi) is 4.22. The summed E-state index contributed by atoms with van der Waals surface area (Å²) in [5.41, 5.74) is 5.48. The Morgan fingerprint density at radius 1 is 1.29 bits per heavy atom. The number of aliphatic hydroxyl groups is 1. The summed E-state index contributed by atoms with van der Waals surface area (Å²) < 4.78 is 10.3. The molecule has 78 valence electrons. The first-order valence-corrected chi connectivity index (χ1v) is 4.39. The van der Waals surface area contributed by atoms with Crippen LogP contribution >= 0.6 is 0 Å². The summed E-state index contributed by atoms with van der Waals surface area (Å²) in [7, 11) is 1.61. The number of hydrogen-bond acceptors (Lipinski definition) is 4. The van der Waals surface area contributed by atoms with E-state index in [4.69, 9.17) is 20.3 Å². The van der Waals surface area contributed by atoms with E-state index in [0.29, 0.717) is 6.61 Å². The molecule has 1 rings (SSSR count). The van der Waals surface area contributed by atoms with Crippen molar-refractivity contribution in [1.29, 1.82) is 0 Å². The third kappa shape index (κ3) is 3.24. The average Bonchev–Trinajstić information content (AvgIpc) is 2.26. The normalized spacial score (nSPS) is 12.2. The molecular weight excluding hydrogens is 182 g/mol. The summed E-state index contributed by atoms with van der Waals surface area (Å²) in [5, 5.41) is 8.67. The maximum absolute atomic E-state index is 8.67. The minimum Gasteiger partial charge on any atom is -0.497 e. The van der Waals surface area contributed by atoms with Crippen LogP contribution in [0.4, 0.5) is 0 Å². The molecule has 0 saturated carbocycles. The standard InChI is InChI=1S/C10H15NO3/c1-13-9-2-4-10(5-3-9)14-7-8(11)6-12/h2-5,8,12H,6-7,11H2,1H3. The van der Waals surface area contributed by atoms with Gasteiger partial charge in [0.05, 0.1) is 19.8 Å². The molecule has 1 atom stereocenters. The summed E-state index contributed by atoms with van der Waals surface area (Å²) in [4.78, 5) is 0. The number of hydrogen-bond donors (Lipinski definition) is 2. The molecule has 0 heterocycles. The van der Waals surface area contributed by atoms with Crippen molar-refractivity contribution in [3.63, 3.8) is 0 Å². The van der Waals surface area contributed by atoms with Crippen LogP contribution < -0.4 is 15.2 Å². The Balaban J connectivity index is 2.43. The second kappa shape index (κ2) is 5.47. The Bertz CT molecular complexity index is 261. The predicted octanol–water partition coefficient (Wildman–Crippen LogP) is 0.394. The summed E-state index contributed by atoms with van der Waals surface area (Å²) in [5.74, 6) is 1.50. The monoisotopic (exact) mass is 197 g/mol. The molecule has 4 nitrogen and oxygen atoms in total. The van der Waals surface area contributed by atoms with E-state index in [-0.39, 0.29) is 12.6 Å². The topological polar surface area (TPSA) is 64.7 Å². The lowest BCUT2D eigenvalue weighted by Crippen LogP contribution is -2.31. The smallest absolute Gasteiger partial charge is 0.119 e. The van der Waals surface area contributed by atoms with Crippen LogP contribution in [0.5, 0.6) is 11.5 Å². The first-order chi connectivity index (χ1) is 6.76. The SMILES string of the molecule is COc1ccc(OCC(N)CO)cc1. The van der Waals surface area contributed by atoms with E-state index in [1.165, 1.54) is 0 Å². The van der Waals surface area contributed by atoms with Gasteiger partial charge in [-0.1, -0.05) is 0 Å². The van der Waals surface area contributed by atoms with Gasteiger partial charge in [-0.05, 0) is 24.3 Å². The highest BCUT2D eigenvalue weighted by Crippen LogP contribution is 2.16. The third-order valence-corrected chi connectivity index (χ3v) is 1.76. The molecule has 0 radical (unpaired) electrons. The van der Waals surface area contributed by atoms with Gasteiger partial charge in [0.1, 0.15) is 18.1 Å². The van der Waals surface area contributed by atoms with E-state index in [0.717, 1.165) is 11.5 Å². The van der Waals surface area contributed by atoms with Gasteiger partial charge >= 0.3 is 0 Å². The van der Waals surface area contributed by atoms with Gasteiger partial charge in [-0.15, -0.1) is 0 Å². The van der Waals surface area contributed by atoms with E-state index in [9.17, 15) is 0 Å². The zero-order chi connectivity index (χ0) is 10.4. The highest BCUT2D eigenvalue weighted by molar-refractivity contribution is 5.31. The maximum atomic E-state index is 8.67. The van der Waals surface area contributed by atoms with Crippen molar-refractivity contribution in [2.45, 2.75) is 6.04 Å². The lowest BCUT2D eigenvalue weighted by atomic mass is 10.3. The van der Waals surface area contributed by atoms with Crippen molar-refractivity contribution in [3.8, 4) is 11.5 Å². The molecule has 1 aromatic rings. The molecule has 14 heavy (non-hydrogen) atoms. The quantitative estimate of drug-likeness (QED) is 0.716. The van der Waals surface area contributed by atoms with Crippen molar-refractivity contribution in [1.82, 2.24) is 0 Å². The van der Waals surface area contributed by atoms with Gasteiger partial charge in [0.25, 0.3) is 0 Å². The van der Waals surface area contributed by atoms with Crippen molar-refractivity contribution in [3.05, 3.63) is 24.3 Å². The molecule has 3 N–H and O–H groups in total. The van der Waals surface area contributed by atoms with E-state index < -0.39 is 0 Å². The summed E-state index contributed by atoms with van der Waals surface area (Å²) in [6, 6.07) is 6.86. The minimum atomic E-state index is -0.336. The lowest BCUT2D eigenvalue weighted by molar-refractivity contribution is 0.206. The minimum absolute atomic E-state index is 0.0733. The second-order valence-corrected chi connectivity index (χ2v) is 2.93. The van der Waals surface area contributed by atoms with Gasteiger partial charge < -0.3 is 20.3 Å². The van der Waals surface area contributed by atoms with Crippen LogP contribution in [0, 0.1) is 0 Å². The number of nitrogens with two attached hydrogens (primary N) is 1. The van der Waals surface area contributed by atoms with Crippen molar-refractivity contribution >= 4 is 0 Å². The highest BCUT2D eigenvalue weighted by Gasteiger charge is 2.01. The van der Waals surface area contributed by atoms with Crippen LogP contribution in [0.2, 0.25) is 0 Å². The van der Waals surface area contributed by atoms with Gasteiger partial charge in [-0.3, -0.25) is 0 Å². The van der Waals surface area contributed by atoms with Crippen molar-refractivity contribution in [2.24, 2.45) is 5.73 Å². The van der Waals surface area contributed by atoms with Gasteiger partial charge in [0.15, 0.2) is 0 Å². The fourth-order valence-electron chi connectivity index (χ4n) is 0.928. The zero-order valence-corrected chi connectivity index (χ0v) is 8.14. The molecule has 4 heteroatoms. The molecule has 1 aromatic carbocycles. The third-order valence-electron chi connectivity index (χ3n) is 1.76. The van der Waals surface area contributed by atoms with Crippen LogP contribution in [-0.4, -0.2) is 31.5 Å². The van der Waals surface area contributed by atoms with Crippen LogP contribution in [-0.2, 0) is 0 Å². The first kappa shape index (κ1) is 10.8. The first-order valence-electron chi connectivity index (χ1n) is 4.39. The summed E-state index contributed by atoms with van der Waals surface area (Å²) in [6.45, 7) is 0.235. The molecule has 0 spiro atoms. The summed E-state index contributed by atoms with van der Waals surface area (Å²) in [6.07, 6.45) is 0.